The highest BCUT2D eigenvalue weighted by Gasteiger charge is 2.29. The van der Waals surface area contributed by atoms with Crippen molar-refractivity contribution in [3.05, 3.63) is 0 Å². The van der Waals surface area contributed by atoms with Gasteiger partial charge in [-0.25, -0.2) is 0 Å². The zero-order valence-corrected chi connectivity index (χ0v) is 9.28. The number of hydrogen-bond donors (Lipinski definition) is 1. The van der Waals surface area contributed by atoms with E-state index in [0.29, 0.717) is 0 Å². The number of fused-ring (bicyclic) bond motifs is 1. The number of nitrogens with two attached hydrogens (primary N) is 1. The Balaban J connectivity index is 1.94. The smallest absolute Gasteiger partial charge is 0.0223 e. The third kappa shape index (κ3) is 2.27. The first-order valence-electron chi connectivity index (χ1n) is 5.92. The lowest BCUT2D eigenvalue weighted by atomic mass is 9.93. The third-order valence-electron chi connectivity index (χ3n) is 3.76. The van der Waals surface area contributed by atoms with Gasteiger partial charge in [-0.05, 0) is 51.9 Å². The maximum absolute atomic E-state index is 5.75. The Bertz CT molecular complexity index is 183. The molecule has 14 heavy (non-hydrogen) atoms. The Morgan fingerprint density at radius 3 is 2.86 bits per heavy atom. The van der Waals surface area contributed by atoms with Crippen LogP contribution in [0.25, 0.3) is 0 Å². The van der Waals surface area contributed by atoms with Gasteiger partial charge in [0.1, 0.15) is 0 Å². The van der Waals surface area contributed by atoms with Gasteiger partial charge in [-0.2, -0.15) is 0 Å². The summed E-state index contributed by atoms with van der Waals surface area (Å²) < 4.78 is 0. The fraction of sp³-hybridized carbons (Fsp3) is 1.00. The summed E-state index contributed by atoms with van der Waals surface area (Å²) in [6.07, 6.45) is 4.02. The molecule has 2 unspecified atom stereocenters. The van der Waals surface area contributed by atoms with Gasteiger partial charge in [-0.1, -0.05) is 0 Å². The van der Waals surface area contributed by atoms with Gasteiger partial charge in [0.2, 0.25) is 0 Å². The van der Waals surface area contributed by atoms with Crippen LogP contribution in [0.3, 0.4) is 0 Å². The molecule has 0 aliphatic carbocycles. The topological polar surface area (TPSA) is 32.5 Å². The van der Waals surface area contributed by atoms with Crippen LogP contribution >= 0.6 is 0 Å². The molecule has 0 spiro atoms. The lowest BCUT2D eigenvalue weighted by Gasteiger charge is -2.38. The van der Waals surface area contributed by atoms with Crippen molar-refractivity contribution in [1.82, 2.24) is 9.80 Å². The summed E-state index contributed by atoms with van der Waals surface area (Å²) in [5.74, 6) is 0.759. The minimum Gasteiger partial charge on any atom is -0.330 e. The quantitative estimate of drug-likeness (QED) is 0.659. The summed E-state index contributed by atoms with van der Waals surface area (Å²) in [6, 6.07) is 0.810. The highest BCUT2D eigenvalue weighted by atomic mass is 15.2. The van der Waals surface area contributed by atoms with E-state index < -0.39 is 0 Å². The monoisotopic (exact) mass is 197 g/mol. The Labute approximate surface area is 87.2 Å². The van der Waals surface area contributed by atoms with Crippen molar-refractivity contribution < 1.29 is 0 Å². The van der Waals surface area contributed by atoms with Gasteiger partial charge in [0.15, 0.2) is 0 Å². The van der Waals surface area contributed by atoms with E-state index in [4.69, 9.17) is 5.73 Å². The molecular formula is C11H23N3. The lowest BCUT2D eigenvalue weighted by molar-refractivity contribution is 0.108. The maximum atomic E-state index is 5.75. The Morgan fingerprint density at radius 1 is 1.21 bits per heavy atom. The molecule has 82 valence electrons. The van der Waals surface area contributed by atoms with Gasteiger partial charge < -0.3 is 10.6 Å². The predicted octanol–water partition coefficient (Wildman–Crippen LogP) is 0.361. The minimum atomic E-state index is 0.759. The Kier molecular flexibility index (Phi) is 3.42. The first-order chi connectivity index (χ1) is 6.79. The van der Waals surface area contributed by atoms with E-state index >= 15 is 0 Å². The van der Waals surface area contributed by atoms with Crippen molar-refractivity contribution in [3.63, 3.8) is 0 Å². The second-order valence-corrected chi connectivity index (χ2v) is 4.94. The number of piperidine rings is 1. The standard InChI is InChI=1S/C11H23N3/c1-13-5-2-6-14-8-10(7-12)3-4-11(14)9-13/h10-11H,2-9,12H2,1H3. The van der Waals surface area contributed by atoms with Gasteiger partial charge in [0.05, 0.1) is 0 Å². The molecule has 2 heterocycles. The fourth-order valence-electron chi connectivity index (χ4n) is 2.85. The van der Waals surface area contributed by atoms with E-state index in [1.165, 1.54) is 45.4 Å². The number of nitrogens with zero attached hydrogens (tertiary/aromatic N) is 2. The highest BCUT2D eigenvalue weighted by molar-refractivity contribution is 4.85. The first kappa shape index (κ1) is 10.4. The van der Waals surface area contributed by atoms with Gasteiger partial charge >= 0.3 is 0 Å². The Morgan fingerprint density at radius 2 is 2.07 bits per heavy atom. The van der Waals surface area contributed by atoms with Gasteiger partial charge in [-0.15, -0.1) is 0 Å². The van der Waals surface area contributed by atoms with Crippen molar-refractivity contribution in [1.29, 1.82) is 0 Å². The van der Waals surface area contributed by atoms with E-state index in [2.05, 4.69) is 16.8 Å². The van der Waals surface area contributed by atoms with Gasteiger partial charge in [0, 0.05) is 19.1 Å². The van der Waals surface area contributed by atoms with Crippen LogP contribution in [-0.4, -0.2) is 55.6 Å². The molecule has 0 aromatic carbocycles. The van der Waals surface area contributed by atoms with E-state index in [-0.39, 0.29) is 0 Å². The molecule has 0 amide bonds. The maximum Gasteiger partial charge on any atom is 0.0223 e. The first-order valence-corrected chi connectivity index (χ1v) is 5.92. The van der Waals surface area contributed by atoms with Crippen molar-refractivity contribution in [2.24, 2.45) is 11.7 Å². The molecular weight excluding hydrogens is 174 g/mol. The average molecular weight is 197 g/mol. The van der Waals surface area contributed by atoms with Crippen LogP contribution in [0.5, 0.6) is 0 Å². The fourth-order valence-corrected chi connectivity index (χ4v) is 2.85. The molecule has 2 rings (SSSR count). The van der Waals surface area contributed by atoms with Gasteiger partial charge in [0.25, 0.3) is 0 Å². The largest absolute Gasteiger partial charge is 0.330 e. The molecule has 2 atom stereocenters. The number of likely N-dealkylation sites (N-methyl/N-ethyl adjacent to an activating group) is 1. The second-order valence-electron chi connectivity index (χ2n) is 4.94. The van der Waals surface area contributed by atoms with Crippen LogP contribution in [0, 0.1) is 5.92 Å². The zero-order chi connectivity index (χ0) is 9.97. The second kappa shape index (κ2) is 4.60. The van der Waals surface area contributed by atoms with Crippen LogP contribution in [0.15, 0.2) is 0 Å². The molecule has 2 aliphatic heterocycles. The molecule has 2 saturated heterocycles. The molecule has 2 N–H and O–H groups in total. The third-order valence-corrected chi connectivity index (χ3v) is 3.76. The van der Waals surface area contributed by atoms with Crippen molar-refractivity contribution in [3.8, 4) is 0 Å². The molecule has 0 bridgehead atoms. The van der Waals surface area contributed by atoms with Crippen molar-refractivity contribution >= 4 is 0 Å². The van der Waals surface area contributed by atoms with E-state index in [1.807, 2.05) is 0 Å². The van der Waals surface area contributed by atoms with E-state index in [9.17, 15) is 0 Å². The molecule has 0 radical (unpaired) electrons. The summed E-state index contributed by atoms with van der Waals surface area (Å²) in [7, 11) is 2.25. The van der Waals surface area contributed by atoms with E-state index in [1.54, 1.807) is 0 Å². The summed E-state index contributed by atoms with van der Waals surface area (Å²) >= 11 is 0. The Hall–Kier alpha value is -0.120. The number of hydrogen-bond acceptors (Lipinski definition) is 3. The van der Waals surface area contributed by atoms with Crippen molar-refractivity contribution in [2.75, 3.05) is 39.8 Å². The zero-order valence-electron chi connectivity index (χ0n) is 9.28. The summed E-state index contributed by atoms with van der Waals surface area (Å²) in [4.78, 5) is 5.15. The molecule has 0 aromatic rings. The van der Waals surface area contributed by atoms with Crippen molar-refractivity contribution in [2.45, 2.75) is 25.3 Å². The van der Waals surface area contributed by atoms with Gasteiger partial charge in [-0.3, -0.25) is 4.90 Å². The average Bonchev–Trinajstić information content (AvgIpc) is 2.37. The normalized spacial score (nSPS) is 36.4. The molecule has 3 heteroatoms. The van der Waals surface area contributed by atoms with Crippen LogP contribution in [0.1, 0.15) is 19.3 Å². The van der Waals surface area contributed by atoms with E-state index in [0.717, 1.165) is 18.5 Å². The molecule has 2 fully saturated rings. The lowest BCUT2D eigenvalue weighted by Crippen LogP contribution is -2.47. The molecule has 0 aromatic heterocycles. The number of rotatable bonds is 1. The van der Waals surface area contributed by atoms with Crippen LogP contribution in [-0.2, 0) is 0 Å². The molecule has 2 aliphatic rings. The highest BCUT2D eigenvalue weighted by Crippen LogP contribution is 2.23. The molecule has 3 nitrogen and oxygen atoms in total. The van der Waals surface area contributed by atoms with Crippen LogP contribution in [0.2, 0.25) is 0 Å². The van der Waals surface area contributed by atoms with Crippen LogP contribution in [0.4, 0.5) is 0 Å². The minimum absolute atomic E-state index is 0.759. The summed E-state index contributed by atoms with van der Waals surface area (Å²) in [5, 5.41) is 0. The predicted molar refractivity (Wildman–Crippen MR) is 59.3 cm³/mol. The summed E-state index contributed by atoms with van der Waals surface area (Å²) in [6.45, 7) is 5.93. The summed E-state index contributed by atoms with van der Waals surface area (Å²) in [5.41, 5.74) is 5.75. The SMILES string of the molecule is CN1CCCN2CC(CN)CCC2C1. The van der Waals surface area contributed by atoms with Crippen LogP contribution < -0.4 is 5.73 Å². The molecule has 0 saturated carbocycles.